The minimum absolute atomic E-state index is 0.313. The second kappa shape index (κ2) is 4.91. The van der Waals surface area contributed by atoms with Crippen LogP contribution in [0.4, 0.5) is 4.39 Å². The molecule has 1 aromatic rings. The summed E-state index contributed by atoms with van der Waals surface area (Å²) in [5, 5.41) is 0. The third-order valence-corrected chi connectivity index (χ3v) is 2.36. The lowest BCUT2D eigenvalue weighted by atomic mass is 9.95. The van der Waals surface area contributed by atoms with Gasteiger partial charge in [0.2, 0.25) is 0 Å². The standard InChI is InChI=1S/C12H15FO2/c1-4-11(12(14)15-3)9-5-8(2)6-10(13)7-9/h5-7,11H,4H2,1-3H3. The van der Waals surface area contributed by atoms with Crippen molar-refractivity contribution in [1.29, 1.82) is 0 Å². The van der Waals surface area contributed by atoms with Crippen molar-refractivity contribution in [3.8, 4) is 0 Å². The van der Waals surface area contributed by atoms with E-state index < -0.39 is 0 Å². The quantitative estimate of drug-likeness (QED) is 0.717. The monoisotopic (exact) mass is 210 g/mol. The van der Waals surface area contributed by atoms with E-state index in [1.165, 1.54) is 19.2 Å². The maximum atomic E-state index is 13.1. The number of rotatable bonds is 3. The van der Waals surface area contributed by atoms with Crippen LogP contribution in [0.3, 0.4) is 0 Å². The van der Waals surface area contributed by atoms with Gasteiger partial charge in [-0.15, -0.1) is 0 Å². The van der Waals surface area contributed by atoms with Crippen molar-refractivity contribution in [3.63, 3.8) is 0 Å². The molecule has 0 saturated carbocycles. The third-order valence-electron chi connectivity index (χ3n) is 2.36. The molecule has 1 unspecified atom stereocenters. The molecular formula is C12H15FO2. The molecular weight excluding hydrogens is 195 g/mol. The molecule has 0 bridgehead atoms. The molecule has 0 spiro atoms. The zero-order valence-corrected chi connectivity index (χ0v) is 9.21. The molecule has 3 heteroatoms. The average Bonchev–Trinajstić information content (AvgIpc) is 2.17. The van der Waals surface area contributed by atoms with E-state index in [2.05, 4.69) is 4.74 Å². The molecule has 0 amide bonds. The van der Waals surface area contributed by atoms with Gasteiger partial charge in [0.15, 0.2) is 0 Å². The first-order valence-corrected chi connectivity index (χ1v) is 4.93. The second-order valence-corrected chi connectivity index (χ2v) is 3.55. The van der Waals surface area contributed by atoms with Crippen LogP contribution in [0.15, 0.2) is 18.2 Å². The Labute approximate surface area is 89.1 Å². The molecule has 0 aliphatic rings. The van der Waals surface area contributed by atoms with Crippen molar-refractivity contribution in [2.45, 2.75) is 26.2 Å². The number of methoxy groups -OCH3 is 1. The zero-order chi connectivity index (χ0) is 11.4. The van der Waals surface area contributed by atoms with E-state index in [0.29, 0.717) is 12.0 Å². The highest BCUT2D eigenvalue weighted by Gasteiger charge is 2.19. The maximum Gasteiger partial charge on any atom is 0.313 e. The fraction of sp³-hybridized carbons (Fsp3) is 0.417. The van der Waals surface area contributed by atoms with E-state index in [-0.39, 0.29) is 17.7 Å². The topological polar surface area (TPSA) is 26.3 Å². The molecule has 1 atom stereocenters. The van der Waals surface area contributed by atoms with Gasteiger partial charge in [-0.05, 0) is 36.6 Å². The van der Waals surface area contributed by atoms with Crippen LogP contribution in [0.25, 0.3) is 0 Å². The molecule has 0 aromatic heterocycles. The first kappa shape index (κ1) is 11.7. The SMILES string of the molecule is CCC(C(=O)OC)c1cc(C)cc(F)c1. The van der Waals surface area contributed by atoms with Crippen LogP contribution in [0.1, 0.15) is 30.4 Å². The lowest BCUT2D eigenvalue weighted by Crippen LogP contribution is -2.13. The average molecular weight is 210 g/mol. The predicted octanol–water partition coefficient (Wildman–Crippen LogP) is 2.80. The lowest BCUT2D eigenvalue weighted by molar-refractivity contribution is -0.142. The van der Waals surface area contributed by atoms with Gasteiger partial charge in [0.05, 0.1) is 13.0 Å². The summed E-state index contributed by atoms with van der Waals surface area (Å²) in [5.74, 6) is -1.00. The number of carbonyl (C=O) groups is 1. The van der Waals surface area contributed by atoms with Crippen molar-refractivity contribution in [2.75, 3.05) is 7.11 Å². The highest BCUT2D eigenvalue weighted by molar-refractivity contribution is 5.78. The van der Waals surface area contributed by atoms with Gasteiger partial charge in [-0.3, -0.25) is 4.79 Å². The summed E-state index contributed by atoms with van der Waals surface area (Å²) in [6.07, 6.45) is 0.607. The van der Waals surface area contributed by atoms with E-state index in [1.807, 2.05) is 13.0 Å². The summed E-state index contributed by atoms with van der Waals surface area (Å²) in [6, 6.07) is 4.64. The summed E-state index contributed by atoms with van der Waals surface area (Å²) in [7, 11) is 1.34. The van der Waals surface area contributed by atoms with Gasteiger partial charge in [0.1, 0.15) is 5.82 Å². The number of hydrogen-bond acceptors (Lipinski definition) is 2. The predicted molar refractivity (Wildman–Crippen MR) is 56.2 cm³/mol. The Bertz CT molecular complexity index is 340. The van der Waals surface area contributed by atoms with Crippen LogP contribution in [0.5, 0.6) is 0 Å². The van der Waals surface area contributed by atoms with Crippen LogP contribution in [-0.2, 0) is 9.53 Å². The molecule has 0 aliphatic carbocycles. The Balaban J connectivity index is 3.06. The van der Waals surface area contributed by atoms with Gasteiger partial charge < -0.3 is 4.74 Å². The third kappa shape index (κ3) is 2.78. The number of aryl methyl sites for hydroxylation is 1. The first-order valence-electron chi connectivity index (χ1n) is 4.93. The Hall–Kier alpha value is -1.38. The van der Waals surface area contributed by atoms with Crippen molar-refractivity contribution in [1.82, 2.24) is 0 Å². The van der Waals surface area contributed by atoms with Crippen molar-refractivity contribution < 1.29 is 13.9 Å². The zero-order valence-electron chi connectivity index (χ0n) is 9.21. The summed E-state index contributed by atoms with van der Waals surface area (Å²) >= 11 is 0. The van der Waals surface area contributed by atoms with Gasteiger partial charge >= 0.3 is 5.97 Å². The van der Waals surface area contributed by atoms with Crippen molar-refractivity contribution in [3.05, 3.63) is 35.1 Å². The number of halogens is 1. The molecule has 0 aliphatic heterocycles. The minimum atomic E-state index is -0.371. The molecule has 0 saturated heterocycles. The maximum absolute atomic E-state index is 13.1. The van der Waals surface area contributed by atoms with Crippen LogP contribution in [0.2, 0.25) is 0 Å². The summed E-state index contributed by atoms with van der Waals surface area (Å²) in [6.45, 7) is 3.68. The highest BCUT2D eigenvalue weighted by Crippen LogP contribution is 2.22. The molecule has 1 rings (SSSR count). The van der Waals surface area contributed by atoms with Gasteiger partial charge in [-0.1, -0.05) is 13.0 Å². The molecule has 1 aromatic carbocycles. The Morgan fingerprint density at radius 2 is 2.13 bits per heavy atom. The van der Waals surface area contributed by atoms with E-state index in [9.17, 15) is 9.18 Å². The number of hydrogen-bond donors (Lipinski definition) is 0. The van der Waals surface area contributed by atoms with E-state index in [1.54, 1.807) is 6.92 Å². The second-order valence-electron chi connectivity index (χ2n) is 3.55. The number of benzene rings is 1. The molecule has 0 heterocycles. The molecule has 15 heavy (non-hydrogen) atoms. The lowest BCUT2D eigenvalue weighted by Gasteiger charge is -2.13. The van der Waals surface area contributed by atoms with Crippen LogP contribution in [-0.4, -0.2) is 13.1 Å². The highest BCUT2D eigenvalue weighted by atomic mass is 19.1. The van der Waals surface area contributed by atoms with Crippen LogP contribution in [0, 0.1) is 12.7 Å². The molecule has 2 nitrogen and oxygen atoms in total. The molecule has 82 valence electrons. The van der Waals surface area contributed by atoms with Gasteiger partial charge in [0, 0.05) is 0 Å². The normalized spacial score (nSPS) is 12.3. The summed E-state index contributed by atoms with van der Waals surface area (Å²) < 4.78 is 17.8. The number of ether oxygens (including phenoxy) is 1. The molecule has 0 N–H and O–H groups in total. The summed E-state index contributed by atoms with van der Waals surface area (Å²) in [5.41, 5.74) is 1.49. The van der Waals surface area contributed by atoms with Crippen molar-refractivity contribution in [2.24, 2.45) is 0 Å². The Morgan fingerprint density at radius 3 is 2.60 bits per heavy atom. The van der Waals surface area contributed by atoms with Crippen molar-refractivity contribution >= 4 is 5.97 Å². The Kier molecular flexibility index (Phi) is 3.83. The van der Waals surface area contributed by atoms with Gasteiger partial charge in [-0.25, -0.2) is 4.39 Å². The molecule has 0 radical (unpaired) electrons. The number of carbonyl (C=O) groups excluding carboxylic acids is 1. The number of esters is 1. The van der Waals surface area contributed by atoms with Crippen LogP contribution < -0.4 is 0 Å². The Morgan fingerprint density at radius 1 is 1.47 bits per heavy atom. The molecule has 0 fully saturated rings. The minimum Gasteiger partial charge on any atom is -0.469 e. The van der Waals surface area contributed by atoms with E-state index >= 15 is 0 Å². The van der Waals surface area contributed by atoms with Crippen LogP contribution >= 0.6 is 0 Å². The fourth-order valence-corrected chi connectivity index (χ4v) is 1.65. The van der Waals surface area contributed by atoms with Gasteiger partial charge in [-0.2, -0.15) is 0 Å². The van der Waals surface area contributed by atoms with E-state index in [0.717, 1.165) is 5.56 Å². The largest absolute Gasteiger partial charge is 0.469 e. The van der Waals surface area contributed by atoms with Gasteiger partial charge in [0.25, 0.3) is 0 Å². The fourth-order valence-electron chi connectivity index (χ4n) is 1.65. The van der Waals surface area contributed by atoms with E-state index in [4.69, 9.17) is 0 Å². The smallest absolute Gasteiger partial charge is 0.313 e. The summed E-state index contributed by atoms with van der Waals surface area (Å²) in [4.78, 5) is 11.4. The first-order chi connectivity index (χ1) is 7.08.